The molecule has 86 valence electrons. The molecule has 2 nitrogen and oxygen atoms in total. The second-order valence-electron chi connectivity index (χ2n) is 4.42. The topological polar surface area (TPSA) is 35.2 Å². The van der Waals surface area contributed by atoms with Gasteiger partial charge < -0.3 is 10.5 Å². The number of methoxy groups -OCH3 is 1. The molecule has 2 N–H and O–H groups in total. The fourth-order valence-corrected chi connectivity index (χ4v) is 2.12. The number of allylic oxidation sites excluding steroid dienone is 1. The van der Waals surface area contributed by atoms with Crippen LogP contribution in [0.2, 0.25) is 0 Å². The molecule has 1 fully saturated rings. The first-order valence-electron chi connectivity index (χ1n) is 5.87. The van der Waals surface area contributed by atoms with Crippen LogP contribution in [0.4, 0.5) is 0 Å². The molecule has 0 aliphatic heterocycles. The van der Waals surface area contributed by atoms with E-state index >= 15 is 0 Å². The van der Waals surface area contributed by atoms with Gasteiger partial charge in [0, 0.05) is 6.04 Å². The van der Waals surface area contributed by atoms with Crippen LogP contribution in [0.3, 0.4) is 0 Å². The van der Waals surface area contributed by atoms with Crippen LogP contribution in [0, 0.1) is 0 Å². The minimum Gasteiger partial charge on any atom is -0.497 e. The zero-order valence-electron chi connectivity index (χ0n) is 9.78. The minimum atomic E-state index is 0.405. The summed E-state index contributed by atoms with van der Waals surface area (Å²) in [6, 6.07) is 8.59. The van der Waals surface area contributed by atoms with Crippen LogP contribution in [-0.4, -0.2) is 13.2 Å². The van der Waals surface area contributed by atoms with E-state index in [-0.39, 0.29) is 0 Å². The smallest absolute Gasteiger partial charge is 0.119 e. The third-order valence-electron chi connectivity index (χ3n) is 3.14. The Bertz CT molecular complexity index is 374. The van der Waals surface area contributed by atoms with Gasteiger partial charge in [-0.05, 0) is 43.4 Å². The van der Waals surface area contributed by atoms with Crippen LogP contribution in [0.5, 0.6) is 5.75 Å². The van der Waals surface area contributed by atoms with Gasteiger partial charge in [-0.25, -0.2) is 0 Å². The average Bonchev–Trinajstić information content (AvgIpc) is 2.32. The molecule has 0 atom stereocenters. The Labute approximate surface area is 97.1 Å². The molecule has 0 spiro atoms. The summed E-state index contributed by atoms with van der Waals surface area (Å²) in [5.74, 6) is 0.918. The molecule has 1 aromatic rings. The van der Waals surface area contributed by atoms with Crippen molar-refractivity contribution in [3.8, 4) is 5.75 Å². The number of benzene rings is 1. The quantitative estimate of drug-likeness (QED) is 0.826. The molecule has 1 aromatic carbocycles. The highest BCUT2D eigenvalue weighted by Crippen LogP contribution is 2.25. The van der Waals surface area contributed by atoms with E-state index in [9.17, 15) is 0 Å². The molecule has 16 heavy (non-hydrogen) atoms. The summed E-state index contributed by atoms with van der Waals surface area (Å²) < 4.78 is 5.21. The lowest BCUT2D eigenvalue weighted by atomic mass is 9.90. The summed E-state index contributed by atoms with van der Waals surface area (Å²) in [4.78, 5) is 0. The summed E-state index contributed by atoms with van der Waals surface area (Å²) >= 11 is 0. The van der Waals surface area contributed by atoms with E-state index in [0.717, 1.165) is 31.4 Å². The summed E-state index contributed by atoms with van der Waals surface area (Å²) in [6.07, 6.45) is 6.79. The predicted octanol–water partition coefficient (Wildman–Crippen LogP) is 2.98. The van der Waals surface area contributed by atoms with Crippen LogP contribution >= 0.6 is 0 Å². The standard InChI is InChI=1S/C14H19NO/c1-16-14-4-2-3-12(10-14)9-11-5-7-13(15)8-6-11/h2-4,9-10,13H,5-8,15H2,1H3. The molecule has 0 saturated heterocycles. The molecule has 2 heteroatoms. The maximum absolute atomic E-state index is 5.89. The monoisotopic (exact) mass is 217 g/mol. The fourth-order valence-electron chi connectivity index (χ4n) is 2.12. The van der Waals surface area contributed by atoms with E-state index in [1.807, 2.05) is 12.1 Å². The zero-order chi connectivity index (χ0) is 11.4. The predicted molar refractivity (Wildman–Crippen MR) is 67.4 cm³/mol. The molecule has 0 unspecified atom stereocenters. The van der Waals surface area contributed by atoms with E-state index < -0.39 is 0 Å². The molecule has 2 rings (SSSR count). The van der Waals surface area contributed by atoms with Crippen LogP contribution in [0.1, 0.15) is 31.2 Å². The SMILES string of the molecule is COc1cccc(C=C2CCC(N)CC2)c1. The van der Waals surface area contributed by atoms with Gasteiger partial charge >= 0.3 is 0 Å². The molecular formula is C14H19NO. The van der Waals surface area contributed by atoms with Gasteiger partial charge in [-0.3, -0.25) is 0 Å². The van der Waals surface area contributed by atoms with Gasteiger partial charge in [0.05, 0.1) is 7.11 Å². The van der Waals surface area contributed by atoms with Crippen LogP contribution in [0.15, 0.2) is 29.8 Å². The first kappa shape index (κ1) is 11.2. The Kier molecular flexibility index (Phi) is 3.62. The van der Waals surface area contributed by atoms with Crippen molar-refractivity contribution in [2.75, 3.05) is 7.11 Å². The molecule has 0 radical (unpaired) electrons. The number of rotatable bonds is 2. The van der Waals surface area contributed by atoms with Gasteiger partial charge in [-0.2, -0.15) is 0 Å². The van der Waals surface area contributed by atoms with Crippen molar-refractivity contribution in [1.82, 2.24) is 0 Å². The number of hydrogen-bond donors (Lipinski definition) is 1. The van der Waals surface area contributed by atoms with Gasteiger partial charge in [0.15, 0.2) is 0 Å². The Morgan fingerprint density at radius 1 is 1.31 bits per heavy atom. The molecule has 0 amide bonds. The van der Waals surface area contributed by atoms with Gasteiger partial charge in [0.25, 0.3) is 0 Å². The van der Waals surface area contributed by atoms with E-state index in [1.165, 1.54) is 11.1 Å². The maximum Gasteiger partial charge on any atom is 0.119 e. The lowest BCUT2D eigenvalue weighted by molar-refractivity contribution is 0.414. The van der Waals surface area contributed by atoms with Gasteiger partial charge in [0.1, 0.15) is 5.75 Å². The third-order valence-corrected chi connectivity index (χ3v) is 3.14. The van der Waals surface area contributed by atoms with Crippen molar-refractivity contribution in [2.24, 2.45) is 5.73 Å². The van der Waals surface area contributed by atoms with Crippen molar-refractivity contribution in [1.29, 1.82) is 0 Å². The Morgan fingerprint density at radius 2 is 2.06 bits per heavy atom. The van der Waals surface area contributed by atoms with Crippen molar-refractivity contribution in [3.05, 3.63) is 35.4 Å². The molecular weight excluding hydrogens is 198 g/mol. The normalized spacial score (nSPS) is 20.6. The minimum absolute atomic E-state index is 0.405. The van der Waals surface area contributed by atoms with Crippen molar-refractivity contribution in [2.45, 2.75) is 31.7 Å². The van der Waals surface area contributed by atoms with Gasteiger partial charge in [-0.15, -0.1) is 0 Å². The number of hydrogen-bond acceptors (Lipinski definition) is 2. The zero-order valence-corrected chi connectivity index (χ0v) is 9.78. The highest BCUT2D eigenvalue weighted by atomic mass is 16.5. The van der Waals surface area contributed by atoms with Crippen LogP contribution in [-0.2, 0) is 0 Å². The first-order chi connectivity index (χ1) is 7.78. The fraction of sp³-hybridized carbons (Fsp3) is 0.429. The largest absolute Gasteiger partial charge is 0.497 e. The molecule has 1 aliphatic rings. The highest BCUT2D eigenvalue weighted by molar-refractivity contribution is 5.55. The van der Waals surface area contributed by atoms with Crippen molar-refractivity contribution >= 4 is 6.08 Å². The molecule has 0 bridgehead atoms. The molecule has 0 aromatic heterocycles. The van der Waals surface area contributed by atoms with Crippen LogP contribution < -0.4 is 10.5 Å². The van der Waals surface area contributed by atoms with E-state index in [4.69, 9.17) is 10.5 Å². The van der Waals surface area contributed by atoms with Gasteiger partial charge in [-0.1, -0.05) is 23.8 Å². The summed E-state index contributed by atoms with van der Waals surface area (Å²) in [6.45, 7) is 0. The second-order valence-corrected chi connectivity index (χ2v) is 4.42. The lowest BCUT2D eigenvalue weighted by Crippen LogP contribution is -2.23. The number of ether oxygens (including phenoxy) is 1. The first-order valence-corrected chi connectivity index (χ1v) is 5.87. The summed E-state index contributed by atoms with van der Waals surface area (Å²) in [5.41, 5.74) is 8.62. The third kappa shape index (κ3) is 2.86. The van der Waals surface area contributed by atoms with E-state index in [0.29, 0.717) is 6.04 Å². The van der Waals surface area contributed by atoms with Gasteiger partial charge in [0.2, 0.25) is 0 Å². The summed E-state index contributed by atoms with van der Waals surface area (Å²) in [5, 5.41) is 0. The molecule has 1 aliphatic carbocycles. The average molecular weight is 217 g/mol. The molecule has 0 heterocycles. The second kappa shape index (κ2) is 5.17. The number of nitrogens with two attached hydrogens (primary N) is 1. The molecule has 1 saturated carbocycles. The summed E-state index contributed by atoms with van der Waals surface area (Å²) in [7, 11) is 1.70. The van der Waals surface area contributed by atoms with E-state index in [2.05, 4.69) is 18.2 Å². The Morgan fingerprint density at radius 3 is 2.75 bits per heavy atom. The van der Waals surface area contributed by atoms with E-state index in [1.54, 1.807) is 7.11 Å². The van der Waals surface area contributed by atoms with Crippen molar-refractivity contribution in [3.63, 3.8) is 0 Å². The van der Waals surface area contributed by atoms with Crippen LogP contribution in [0.25, 0.3) is 6.08 Å². The Hall–Kier alpha value is -1.28. The van der Waals surface area contributed by atoms with Crippen molar-refractivity contribution < 1.29 is 4.74 Å². The lowest BCUT2D eigenvalue weighted by Gasteiger charge is -2.20. The maximum atomic E-state index is 5.89. The highest BCUT2D eigenvalue weighted by Gasteiger charge is 2.12. The Balaban J connectivity index is 2.09.